The van der Waals surface area contributed by atoms with Gasteiger partial charge in [-0.2, -0.15) is 0 Å². The van der Waals surface area contributed by atoms with Crippen LogP contribution in [0.25, 0.3) is 11.1 Å². The number of ether oxygens (including phenoxy) is 2. The van der Waals surface area contributed by atoms with Crippen molar-refractivity contribution in [1.29, 1.82) is 0 Å². The van der Waals surface area contributed by atoms with E-state index in [9.17, 15) is 9.59 Å². The van der Waals surface area contributed by atoms with E-state index >= 15 is 4.79 Å². The zero-order valence-electron chi connectivity index (χ0n) is 58.2. The predicted molar refractivity (Wildman–Crippen MR) is 388 cm³/mol. The van der Waals surface area contributed by atoms with Gasteiger partial charge in [0.2, 0.25) is 0 Å². The van der Waals surface area contributed by atoms with E-state index in [1.807, 2.05) is 0 Å². The van der Waals surface area contributed by atoms with Gasteiger partial charge in [0.05, 0.1) is 35.2 Å². The molecule has 11 aliphatic rings. The van der Waals surface area contributed by atoms with Crippen LogP contribution < -0.4 is 0 Å². The van der Waals surface area contributed by atoms with Crippen LogP contribution in [-0.4, -0.2) is 17.3 Å². The molecule has 4 aliphatic heterocycles. The van der Waals surface area contributed by atoms with Crippen molar-refractivity contribution in [3.05, 3.63) is 211 Å². The molecule has 502 valence electrons. The summed E-state index contributed by atoms with van der Waals surface area (Å²) in [6.07, 6.45) is 43.8. The lowest BCUT2D eigenvalue weighted by Crippen LogP contribution is -2.47. The number of hydrogen-bond donors (Lipinski definition) is 0. The fourth-order valence-electron chi connectivity index (χ4n) is 23.4. The second-order valence-electron chi connectivity index (χ2n) is 31.9. The number of carbonyl (C=O) groups excluding carboxylic acids is 3. The van der Waals surface area contributed by atoms with E-state index in [0.29, 0.717) is 29.5 Å². The monoisotopic (exact) mass is 1280 g/mol. The zero-order chi connectivity index (χ0) is 64.9. The average Bonchev–Trinajstić information content (AvgIpc) is 1.44. The second kappa shape index (κ2) is 28.0. The molecule has 0 N–H and O–H groups in total. The van der Waals surface area contributed by atoms with Crippen LogP contribution >= 0.6 is 0 Å². The van der Waals surface area contributed by atoms with Crippen molar-refractivity contribution in [2.75, 3.05) is 0 Å². The van der Waals surface area contributed by atoms with E-state index in [1.165, 1.54) is 187 Å². The fraction of sp³-hybridized carbons (Fsp3) is 0.549. The van der Waals surface area contributed by atoms with Crippen LogP contribution in [0.1, 0.15) is 299 Å². The van der Waals surface area contributed by atoms with E-state index in [1.54, 1.807) is 23.3 Å². The standard InChI is InChI=1S/C91H108O5/c1-3-5-7-9-11-13-15-17-19-37-55-67-77-78(86-76-66-54-42-24-22-40-52-64-72(66)71-63(73-69(92)57-58-70(93)74(64)73)51-39-21-23-41-53-65(71)75(76)85(77)95-86)68(56-38-20-18-16-14-12-10-8-6-4-2)80-79(67)87-83-84(88(80)96-87)91(62-49-35-28-36-50-62)82(60-45-31-26-32-46-60)81(59-43-29-25-30-44-59)90(83,89(91)94)61-47-33-27-34-48-61/h25-36,43-50,57-58,63-66,75-76,83-88H,3-24,37-42,51-56H2,1-2H3/t63-,64+,65-,66+,75+,76-,83?,84?,85+,86-,87+,88-,90-,91+. The molecule has 14 atom stereocenters. The van der Waals surface area contributed by atoms with Gasteiger partial charge in [-0.25, -0.2) is 0 Å². The van der Waals surface area contributed by atoms with Gasteiger partial charge in [-0.1, -0.05) is 313 Å². The van der Waals surface area contributed by atoms with Crippen molar-refractivity contribution in [3.63, 3.8) is 0 Å². The molecule has 16 rings (SSSR count). The minimum Gasteiger partial charge on any atom is -0.365 e. The molecular formula is C91H108O5. The molecule has 0 radical (unpaired) electrons. The molecule has 5 aromatic carbocycles. The number of fused-ring (bicyclic) bond motifs is 24. The van der Waals surface area contributed by atoms with E-state index < -0.39 is 10.8 Å². The third-order valence-electron chi connectivity index (χ3n) is 26.9. The molecule has 2 saturated heterocycles. The second-order valence-corrected chi connectivity index (χ2v) is 31.9. The normalized spacial score (nSPS) is 31.1. The Bertz CT molecular complexity index is 3570. The molecular weight excluding hydrogens is 1170 g/mol. The first-order chi connectivity index (χ1) is 47.5. The smallest absolute Gasteiger partial charge is 0.183 e. The highest BCUT2D eigenvalue weighted by Gasteiger charge is 2.83. The van der Waals surface area contributed by atoms with Gasteiger partial charge in [-0.3, -0.25) is 14.4 Å². The number of rotatable bonds is 26. The lowest BCUT2D eigenvalue weighted by atomic mass is 9.49. The van der Waals surface area contributed by atoms with Crippen molar-refractivity contribution >= 4 is 28.5 Å². The first-order valence-electron chi connectivity index (χ1n) is 39.7. The minimum absolute atomic E-state index is 0.00624. The summed E-state index contributed by atoms with van der Waals surface area (Å²) in [4.78, 5) is 47.5. The quantitative estimate of drug-likeness (QED) is 0.0313. The Labute approximate surface area is 575 Å². The first kappa shape index (κ1) is 64.7. The molecule has 2 unspecified atom stereocenters. The van der Waals surface area contributed by atoms with Gasteiger partial charge in [0.25, 0.3) is 0 Å². The van der Waals surface area contributed by atoms with Gasteiger partial charge in [0.15, 0.2) is 17.3 Å². The summed E-state index contributed by atoms with van der Waals surface area (Å²) in [5.74, 6) is 1.39. The number of allylic oxidation sites excluding steroid dienone is 8. The van der Waals surface area contributed by atoms with Crippen molar-refractivity contribution in [2.24, 2.45) is 47.3 Å². The molecule has 3 saturated carbocycles. The van der Waals surface area contributed by atoms with Crippen molar-refractivity contribution in [2.45, 2.75) is 267 Å². The number of carbonyl (C=O) groups is 3. The van der Waals surface area contributed by atoms with Crippen LogP contribution in [0.4, 0.5) is 0 Å². The van der Waals surface area contributed by atoms with E-state index in [-0.39, 0.29) is 59.7 Å². The summed E-state index contributed by atoms with van der Waals surface area (Å²) in [6.45, 7) is 4.64. The SMILES string of the molecule is CCCCCCCCCCCCc1c2c(c(CCCCCCCCCCCC)c3c1[C@@H]1O[C@H]3C3C1[C@]1(c4ccccc4)C(=O)[C@@]3(c3ccccc3)C(c3ccccc3)=C1c1ccccc1)[C@@H]1O[C@H]2[C@@H]2[C@H]1[C@H]1CCCCCC[C@@H]3C4=C(C(=O)C=CC4=O)[C@@H]4CCCCCC[C@@H]2C4=C31. The Balaban J connectivity index is 0.906. The number of unbranched alkanes of at least 4 members (excludes halogenated alkanes) is 18. The number of hydrogen-bond acceptors (Lipinski definition) is 5. The van der Waals surface area contributed by atoms with Crippen molar-refractivity contribution < 1.29 is 23.9 Å². The highest BCUT2D eigenvalue weighted by Crippen LogP contribution is 2.83. The van der Waals surface area contributed by atoms with Crippen LogP contribution in [0.3, 0.4) is 0 Å². The van der Waals surface area contributed by atoms with E-state index in [4.69, 9.17) is 9.47 Å². The van der Waals surface area contributed by atoms with Crippen LogP contribution in [0, 0.1) is 47.3 Å². The molecule has 6 bridgehead atoms. The molecule has 7 aliphatic carbocycles. The topological polar surface area (TPSA) is 69.7 Å². The van der Waals surface area contributed by atoms with Crippen LogP contribution in [0.15, 0.2) is 156 Å². The summed E-state index contributed by atoms with van der Waals surface area (Å²) in [7, 11) is 0. The summed E-state index contributed by atoms with van der Waals surface area (Å²) in [5.41, 5.74) is 18.8. The van der Waals surface area contributed by atoms with Gasteiger partial charge >= 0.3 is 0 Å². The minimum atomic E-state index is -1.02. The summed E-state index contributed by atoms with van der Waals surface area (Å²) in [6, 6.07) is 44.4. The molecule has 0 aromatic heterocycles. The Kier molecular flexibility index (Phi) is 18.8. The molecule has 5 heteroatoms. The highest BCUT2D eigenvalue weighted by molar-refractivity contribution is 6.30. The Morgan fingerprint density at radius 3 is 1.06 bits per heavy atom. The van der Waals surface area contributed by atoms with Crippen LogP contribution in [0.2, 0.25) is 0 Å². The van der Waals surface area contributed by atoms with Crippen LogP contribution in [0.5, 0.6) is 0 Å². The molecule has 96 heavy (non-hydrogen) atoms. The van der Waals surface area contributed by atoms with Gasteiger partial charge in [-0.15, -0.1) is 0 Å². The zero-order valence-corrected chi connectivity index (χ0v) is 58.2. The molecule has 0 spiro atoms. The Hall–Kier alpha value is -6.01. The molecule has 5 fully saturated rings. The number of benzene rings is 5. The highest BCUT2D eigenvalue weighted by atomic mass is 16.5. The van der Waals surface area contributed by atoms with E-state index in [2.05, 4.69) is 135 Å². The summed E-state index contributed by atoms with van der Waals surface area (Å²) >= 11 is 0. The van der Waals surface area contributed by atoms with Gasteiger partial charge < -0.3 is 9.47 Å². The summed E-state index contributed by atoms with van der Waals surface area (Å²) in [5, 5.41) is 0. The lowest BCUT2D eigenvalue weighted by molar-refractivity contribution is -0.125. The largest absolute Gasteiger partial charge is 0.365 e. The maximum absolute atomic E-state index is 17.9. The van der Waals surface area contributed by atoms with E-state index in [0.717, 1.165) is 109 Å². The average molecular weight is 1280 g/mol. The molecule has 5 nitrogen and oxygen atoms in total. The third kappa shape index (κ3) is 10.4. The maximum atomic E-state index is 17.9. The lowest BCUT2D eigenvalue weighted by Gasteiger charge is -2.53. The Morgan fingerprint density at radius 2 is 0.688 bits per heavy atom. The molecule has 5 aromatic rings. The fourth-order valence-corrected chi connectivity index (χ4v) is 23.4. The van der Waals surface area contributed by atoms with Gasteiger partial charge in [0, 0.05) is 46.7 Å². The van der Waals surface area contributed by atoms with Crippen molar-refractivity contribution in [1.82, 2.24) is 0 Å². The number of ketones is 3. The van der Waals surface area contributed by atoms with Crippen molar-refractivity contribution in [3.8, 4) is 0 Å². The first-order valence-corrected chi connectivity index (χ1v) is 39.7. The summed E-state index contributed by atoms with van der Waals surface area (Å²) < 4.78 is 16.6. The molecule has 0 amide bonds. The third-order valence-corrected chi connectivity index (χ3v) is 26.9. The predicted octanol–water partition coefficient (Wildman–Crippen LogP) is 22.9. The van der Waals surface area contributed by atoms with Gasteiger partial charge in [0.1, 0.15) is 0 Å². The molecule has 4 heterocycles. The Morgan fingerprint density at radius 1 is 0.365 bits per heavy atom. The van der Waals surface area contributed by atoms with Crippen LogP contribution in [-0.2, 0) is 47.5 Å². The van der Waals surface area contributed by atoms with Gasteiger partial charge in [-0.05, 0) is 142 Å². The number of Topliss-reactive ketones (excluding diaryl/α,β-unsaturated/α-hetero) is 1. The maximum Gasteiger partial charge on any atom is 0.183 e.